The SMILES string of the molecule is O=C(O)CC(=O)C1CCC(COc2ccccc2C2(C(F)(F)F)CC2)C1. The minimum atomic E-state index is -4.30. The summed E-state index contributed by atoms with van der Waals surface area (Å²) in [5.41, 5.74) is -1.61. The minimum absolute atomic E-state index is 0.0480. The summed E-state index contributed by atoms with van der Waals surface area (Å²) in [5, 5.41) is 8.70. The van der Waals surface area contributed by atoms with Crippen LogP contribution in [0.15, 0.2) is 24.3 Å². The Morgan fingerprint density at radius 2 is 1.88 bits per heavy atom. The van der Waals surface area contributed by atoms with Crippen LogP contribution in [0.25, 0.3) is 0 Å². The van der Waals surface area contributed by atoms with E-state index in [1.54, 1.807) is 18.2 Å². The largest absolute Gasteiger partial charge is 0.493 e. The zero-order valence-corrected chi connectivity index (χ0v) is 14.2. The molecule has 1 aromatic carbocycles. The van der Waals surface area contributed by atoms with Crippen molar-refractivity contribution in [1.82, 2.24) is 0 Å². The van der Waals surface area contributed by atoms with E-state index in [-0.39, 0.29) is 48.4 Å². The lowest BCUT2D eigenvalue weighted by atomic mass is 9.94. The number of carboxylic acid groups (broad SMARTS) is 1. The van der Waals surface area contributed by atoms with Crippen LogP contribution in [-0.4, -0.2) is 29.6 Å². The molecule has 7 heteroatoms. The molecule has 2 unspecified atom stereocenters. The Hall–Kier alpha value is -2.05. The molecule has 2 aliphatic carbocycles. The predicted octanol–water partition coefficient (Wildman–Crippen LogP) is 4.12. The molecule has 0 heterocycles. The van der Waals surface area contributed by atoms with Crippen LogP contribution < -0.4 is 4.74 Å². The molecular weight excluding hydrogens is 349 g/mol. The Morgan fingerprint density at radius 1 is 1.19 bits per heavy atom. The second kappa shape index (κ2) is 6.93. The molecule has 2 aliphatic rings. The first kappa shape index (κ1) is 18.7. The number of carboxylic acids is 1. The van der Waals surface area contributed by atoms with E-state index in [2.05, 4.69) is 0 Å². The number of para-hydroxylation sites is 1. The maximum atomic E-state index is 13.4. The molecule has 1 aromatic rings. The summed E-state index contributed by atoms with van der Waals surface area (Å²) in [6.07, 6.45) is -2.78. The first-order valence-electron chi connectivity index (χ1n) is 8.76. The summed E-state index contributed by atoms with van der Waals surface area (Å²) in [6.45, 7) is 0.238. The summed E-state index contributed by atoms with van der Waals surface area (Å²) in [4.78, 5) is 22.5. The Morgan fingerprint density at radius 3 is 2.50 bits per heavy atom. The maximum Gasteiger partial charge on any atom is 0.398 e. The van der Waals surface area contributed by atoms with Gasteiger partial charge in [0.1, 0.15) is 18.0 Å². The number of halogens is 3. The molecule has 0 aromatic heterocycles. The molecule has 26 heavy (non-hydrogen) atoms. The molecule has 142 valence electrons. The number of aliphatic carboxylic acids is 1. The van der Waals surface area contributed by atoms with Gasteiger partial charge in [0.05, 0.1) is 12.0 Å². The van der Waals surface area contributed by atoms with Gasteiger partial charge in [-0.25, -0.2) is 0 Å². The number of hydrogen-bond donors (Lipinski definition) is 1. The zero-order valence-electron chi connectivity index (χ0n) is 14.2. The molecule has 3 rings (SSSR count). The van der Waals surface area contributed by atoms with Gasteiger partial charge in [-0.05, 0) is 44.1 Å². The number of hydrogen-bond acceptors (Lipinski definition) is 3. The van der Waals surface area contributed by atoms with Crippen LogP contribution in [0, 0.1) is 11.8 Å². The predicted molar refractivity (Wildman–Crippen MR) is 87.0 cm³/mol. The first-order valence-corrected chi connectivity index (χ1v) is 8.76. The van der Waals surface area contributed by atoms with Gasteiger partial charge in [0, 0.05) is 11.5 Å². The molecule has 2 atom stereocenters. The second-order valence-corrected chi connectivity index (χ2v) is 7.30. The van der Waals surface area contributed by atoms with Gasteiger partial charge in [-0.3, -0.25) is 9.59 Å². The quantitative estimate of drug-likeness (QED) is 0.734. The highest BCUT2D eigenvalue weighted by Crippen LogP contribution is 2.60. The lowest BCUT2D eigenvalue weighted by molar-refractivity contribution is -0.161. The fourth-order valence-corrected chi connectivity index (χ4v) is 3.84. The zero-order chi connectivity index (χ0) is 18.9. The molecule has 0 bridgehead atoms. The first-order chi connectivity index (χ1) is 12.2. The molecule has 0 radical (unpaired) electrons. The molecule has 0 amide bonds. The van der Waals surface area contributed by atoms with E-state index in [0.29, 0.717) is 19.3 Å². The van der Waals surface area contributed by atoms with Gasteiger partial charge in [-0.15, -0.1) is 0 Å². The van der Waals surface area contributed by atoms with Gasteiger partial charge in [0.15, 0.2) is 0 Å². The Balaban J connectivity index is 1.62. The average molecular weight is 370 g/mol. The van der Waals surface area contributed by atoms with Crippen LogP contribution in [0.3, 0.4) is 0 Å². The van der Waals surface area contributed by atoms with Gasteiger partial charge >= 0.3 is 12.1 Å². The third-order valence-electron chi connectivity index (χ3n) is 5.49. The summed E-state index contributed by atoms with van der Waals surface area (Å²) < 4.78 is 45.9. The van der Waals surface area contributed by atoms with Gasteiger partial charge in [-0.1, -0.05) is 18.2 Å². The van der Waals surface area contributed by atoms with Crippen LogP contribution >= 0.6 is 0 Å². The highest BCUT2D eigenvalue weighted by atomic mass is 19.4. The van der Waals surface area contributed by atoms with Crippen molar-refractivity contribution in [3.63, 3.8) is 0 Å². The summed E-state index contributed by atoms with van der Waals surface area (Å²) in [6, 6.07) is 6.27. The van der Waals surface area contributed by atoms with Crippen molar-refractivity contribution in [3.8, 4) is 5.75 Å². The molecule has 2 saturated carbocycles. The third-order valence-corrected chi connectivity index (χ3v) is 5.49. The highest BCUT2D eigenvalue weighted by molar-refractivity contribution is 5.96. The lowest BCUT2D eigenvalue weighted by Crippen LogP contribution is -2.29. The fraction of sp³-hybridized carbons (Fsp3) is 0.579. The van der Waals surface area contributed by atoms with Crippen LogP contribution in [-0.2, 0) is 15.0 Å². The minimum Gasteiger partial charge on any atom is -0.493 e. The van der Waals surface area contributed by atoms with E-state index in [1.165, 1.54) is 6.07 Å². The smallest absolute Gasteiger partial charge is 0.398 e. The number of ketones is 1. The van der Waals surface area contributed by atoms with Crippen molar-refractivity contribution in [2.45, 2.75) is 50.1 Å². The van der Waals surface area contributed by atoms with Crippen molar-refractivity contribution in [2.75, 3.05) is 6.61 Å². The normalized spacial score (nSPS) is 24.3. The molecule has 2 fully saturated rings. The number of alkyl halides is 3. The molecule has 0 saturated heterocycles. The number of rotatable bonds is 7. The van der Waals surface area contributed by atoms with E-state index >= 15 is 0 Å². The number of ether oxygens (including phenoxy) is 1. The van der Waals surface area contributed by atoms with E-state index in [1.807, 2.05) is 0 Å². The number of carbonyl (C=O) groups is 2. The molecule has 0 spiro atoms. The summed E-state index contributed by atoms with van der Waals surface area (Å²) in [7, 11) is 0. The van der Waals surface area contributed by atoms with E-state index in [9.17, 15) is 22.8 Å². The number of benzene rings is 1. The third kappa shape index (κ3) is 3.71. The molecule has 1 N–H and O–H groups in total. The maximum absolute atomic E-state index is 13.4. The van der Waals surface area contributed by atoms with Crippen molar-refractivity contribution in [2.24, 2.45) is 11.8 Å². The Bertz CT molecular complexity index is 694. The Kier molecular flexibility index (Phi) is 4.99. The van der Waals surface area contributed by atoms with Gasteiger partial charge < -0.3 is 9.84 Å². The van der Waals surface area contributed by atoms with Crippen LogP contribution in [0.1, 0.15) is 44.1 Å². The van der Waals surface area contributed by atoms with Crippen molar-refractivity contribution in [1.29, 1.82) is 0 Å². The lowest BCUT2D eigenvalue weighted by Gasteiger charge is -2.23. The summed E-state index contributed by atoms with van der Waals surface area (Å²) in [5.74, 6) is -1.41. The van der Waals surface area contributed by atoms with Gasteiger partial charge in [0.2, 0.25) is 0 Å². The number of Topliss-reactive ketones (excluding diaryl/α,β-unsaturated/α-hetero) is 1. The topological polar surface area (TPSA) is 63.6 Å². The summed E-state index contributed by atoms with van der Waals surface area (Å²) >= 11 is 0. The fourth-order valence-electron chi connectivity index (χ4n) is 3.84. The van der Waals surface area contributed by atoms with Crippen molar-refractivity contribution < 1.29 is 32.6 Å². The van der Waals surface area contributed by atoms with Crippen LogP contribution in [0.4, 0.5) is 13.2 Å². The molecule has 4 nitrogen and oxygen atoms in total. The van der Waals surface area contributed by atoms with Gasteiger partial charge in [0.25, 0.3) is 0 Å². The van der Waals surface area contributed by atoms with E-state index in [0.717, 1.165) is 0 Å². The second-order valence-electron chi connectivity index (χ2n) is 7.30. The van der Waals surface area contributed by atoms with E-state index in [4.69, 9.17) is 9.84 Å². The highest BCUT2D eigenvalue weighted by Gasteiger charge is 2.65. The standard InChI is InChI=1S/C19H21F3O4/c20-19(21,22)18(7-8-18)14-3-1-2-4-16(14)26-11-12-5-6-13(9-12)15(23)10-17(24)25/h1-4,12-13H,5-11H2,(H,24,25). The van der Waals surface area contributed by atoms with Gasteiger partial charge in [-0.2, -0.15) is 13.2 Å². The average Bonchev–Trinajstić information content (AvgIpc) is 3.25. The molecule has 0 aliphatic heterocycles. The monoisotopic (exact) mass is 370 g/mol. The van der Waals surface area contributed by atoms with Crippen molar-refractivity contribution >= 4 is 11.8 Å². The van der Waals surface area contributed by atoms with Crippen LogP contribution in [0.5, 0.6) is 5.75 Å². The van der Waals surface area contributed by atoms with E-state index < -0.39 is 24.0 Å². The van der Waals surface area contributed by atoms with Crippen LogP contribution in [0.2, 0.25) is 0 Å². The van der Waals surface area contributed by atoms with Crippen molar-refractivity contribution in [3.05, 3.63) is 29.8 Å². The Labute approximate surface area is 149 Å². The molecular formula is C19H21F3O4. The number of carbonyl (C=O) groups excluding carboxylic acids is 1.